The third-order valence-electron chi connectivity index (χ3n) is 2.80. The topological polar surface area (TPSA) is 76.7 Å². The van der Waals surface area contributed by atoms with Crippen molar-refractivity contribution in [1.82, 2.24) is 5.32 Å². The average Bonchev–Trinajstić information content (AvgIpc) is 2.39. The van der Waals surface area contributed by atoms with E-state index in [1.54, 1.807) is 14.2 Å². The first-order valence-electron chi connectivity index (χ1n) is 5.91. The van der Waals surface area contributed by atoms with Gasteiger partial charge in [-0.05, 0) is 30.2 Å². The van der Waals surface area contributed by atoms with E-state index in [9.17, 15) is 0 Å². The fourth-order valence-corrected chi connectivity index (χ4v) is 1.67. The number of aliphatic hydroxyl groups excluding tert-OH is 1. The quantitative estimate of drug-likeness (QED) is 0.657. The third-order valence-corrected chi connectivity index (χ3v) is 2.80. The molecule has 0 saturated carbocycles. The van der Waals surface area contributed by atoms with Crippen molar-refractivity contribution < 1.29 is 14.6 Å². The highest BCUT2D eigenvalue weighted by Gasteiger charge is 2.08. The molecular formula is C13H22N2O3. The number of aliphatic hydroxyl groups is 1. The molecule has 0 bridgehead atoms. The van der Waals surface area contributed by atoms with Gasteiger partial charge in [-0.3, -0.25) is 0 Å². The summed E-state index contributed by atoms with van der Waals surface area (Å²) in [5.74, 6) is 1.44. The Hall–Kier alpha value is -1.30. The summed E-state index contributed by atoms with van der Waals surface area (Å²) in [5.41, 5.74) is 7.87. The molecule has 4 N–H and O–H groups in total. The van der Waals surface area contributed by atoms with Gasteiger partial charge in [0, 0.05) is 19.1 Å². The summed E-state index contributed by atoms with van der Waals surface area (Å²) >= 11 is 0. The SMILES string of the molecule is COc1cc(C)c(CNCC(N)CO)cc1OC. The molecular weight excluding hydrogens is 232 g/mol. The van der Waals surface area contributed by atoms with Crippen LogP contribution in [0.2, 0.25) is 0 Å². The second kappa shape index (κ2) is 7.20. The number of aryl methyl sites for hydroxylation is 1. The standard InChI is InChI=1S/C13H22N2O3/c1-9-4-12(17-2)13(18-3)5-10(9)6-15-7-11(14)8-16/h4-5,11,15-16H,6-8,14H2,1-3H3. The van der Waals surface area contributed by atoms with Gasteiger partial charge in [0.1, 0.15) is 0 Å². The predicted molar refractivity (Wildman–Crippen MR) is 71.1 cm³/mol. The maximum Gasteiger partial charge on any atom is 0.161 e. The molecule has 0 saturated heterocycles. The highest BCUT2D eigenvalue weighted by molar-refractivity contribution is 5.46. The van der Waals surface area contributed by atoms with Crippen LogP contribution in [-0.2, 0) is 6.54 Å². The zero-order chi connectivity index (χ0) is 13.5. The van der Waals surface area contributed by atoms with Crippen LogP contribution >= 0.6 is 0 Å². The molecule has 102 valence electrons. The van der Waals surface area contributed by atoms with Gasteiger partial charge < -0.3 is 25.6 Å². The van der Waals surface area contributed by atoms with Gasteiger partial charge in [0.25, 0.3) is 0 Å². The molecule has 1 atom stereocenters. The highest BCUT2D eigenvalue weighted by Crippen LogP contribution is 2.30. The predicted octanol–water partition coefficient (Wildman–Crippen LogP) is 0.421. The van der Waals surface area contributed by atoms with Crippen molar-refractivity contribution in [2.45, 2.75) is 19.5 Å². The van der Waals surface area contributed by atoms with E-state index in [4.69, 9.17) is 20.3 Å². The number of methoxy groups -OCH3 is 2. The van der Waals surface area contributed by atoms with E-state index in [0.29, 0.717) is 18.8 Å². The van der Waals surface area contributed by atoms with E-state index in [1.165, 1.54) is 0 Å². The normalized spacial score (nSPS) is 12.3. The number of ether oxygens (including phenoxy) is 2. The number of nitrogens with two attached hydrogens (primary N) is 1. The number of hydrogen-bond donors (Lipinski definition) is 3. The second-order valence-electron chi connectivity index (χ2n) is 4.21. The van der Waals surface area contributed by atoms with Crippen molar-refractivity contribution in [3.63, 3.8) is 0 Å². The zero-order valence-corrected chi connectivity index (χ0v) is 11.2. The third kappa shape index (κ3) is 3.87. The molecule has 0 aromatic heterocycles. The zero-order valence-electron chi connectivity index (χ0n) is 11.2. The largest absolute Gasteiger partial charge is 0.493 e. The van der Waals surface area contributed by atoms with E-state index in [-0.39, 0.29) is 12.6 Å². The lowest BCUT2D eigenvalue weighted by atomic mass is 10.1. The minimum Gasteiger partial charge on any atom is -0.493 e. The summed E-state index contributed by atoms with van der Waals surface area (Å²) in [7, 11) is 3.24. The number of benzene rings is 1. The molecule has 0 radical (unpaired) electrons. The Bertz CT molecular complexity index is 383. The lowest BCUT2D eigenvalue weighted by Gasteiger charge is -2.14. The summed E-state index contributed by atoms with van der Waals surface area (Å²) in [6.45, 7) is 3.26. The molecule has 1 rings (SSSR count). The van der Waals surface area contributed by atoms with Gasteiger partial charge in [-0.2, -0.15) is 0 Å². The van der Waals surface area contributed by atoms with Crippen LogP contribution in [0.3, 0.4) is 0 Å². The summed E-state index contributed by atoms with van der Waals surface area (Å²) in [6.07, 6.45) is 0. The van der Waals surface area contributed by atoms with Crippen molar-refractivity contribution in [2.75, 3.05) is 27.4 Å². The molecule has 0 spiro atoms. The van der Waals surface area contributed by atoms with Gasteiger partial charge in [0.05, 0.1) is 20.8 Å². The Labute approximate surface area is 108 Å². The van der Waals surface area contributed by atoms with Crippen molar-refractivity contribution in [3.8, 4) is 11.5 Å². The lowest BCUT2D eigenvalue weighted by molar-refractivity contribution is 0.262. The maximum absolute atomic E-state index is 8.84. The highest BCUT2D eigenvalue weighted by atomic mass is 16.5. The Morgan fingerprint density at radius 1 is 1.28 bits per heavy atom. The molecule has 0 amide bonds. The molecule has 1 unspecified atom stereocenters. The van der Waals surface area contributed by atoms with Crippen molar-refractivity contribution >= 4 is 0 Å². The molecule has 5 nitrogen and oxygen atoms in total. The van der Waals surface area contributed by atoms with Gasteiger partial charge in [0.2, 0.25) is 0 Å². The van der Waals surface area contributed by atoms with Crippen LogP contribution in [0.4, 0.5) is 0 Å². The molecule has 1 aromatic rings. The number of nitrogens with one attached hydrogen (secondary N) is 1. The van der Waals surface area contributed by atoms with E-state index in [1.807, 2.05) is 19.1 Å². The van der Waals surface area contributed by atoms with Gasteiger partial charge in [-0.25, -0.2) is 0 Å². The molecule has 0 aliphatic heterocycles. The van der Waals surface area contributed by atoms with E-state index in [0.717, 1.165) is 16.9 Å². The Balaban J connectivity index is 2.71. The van der Waals surface area contributed by atoms with E-state index >= 15 is 0 Å². The molecule has 1 aromatic carbocycles. The molecule has 18 heavy (non-hydrogen) atoms. The second-order valence-corrected chi connectivity index (χ2v) is 4.21. The van der Waals surface area contributed by atoms with Crippen LogP contribution < -0.4 is 20.5 Å². The van der Waals surface area contributed by atoms with Crippen LogP contribution in [0.1, 0.15) is 11.1 Å². The smallest absolute Gasteiger partial charge is 0.161 e. The summed E-state index contributed by atoms with van der Waals surface area (Å²) in [6, 6.07) is 3.67. The monoisotopic (exact) mass is 254 g/mol. The fraction of sp³-hybridized carbons (Fsp3) is 0.538. The minimum absolute atomic E-state index is 0.0160. The van der Waals surface area contributed by atoms with Crippen LogP contribution in [0.15, 0.2) is 12.1 Å². The number of rotatable bonds is 7. The van der Waals surface area contributed by atoms with Crippen LogP contribution in [0, 0.1) is 6.92 Å². The van der Waals surface area contributed by atoms with Crippen LogP contribution in [-0.4, -0.2) is 38.5 Å². The first kappa shape index (κ1) is 14.8. The summed E-state index contributed by atoms with van der Waals surface area (Å²) in [5, 5.41) is 12.0. The van der Waals surface area contributed by atoms with Crippen LogP contribution in [0.25, 0.3) is 0 Å². The average molecular weight is 254 g/mol. The maximum atomic E-state index is 8.84. The minimum atomic E-state index is -0.231. The van der Waals surface area contributed by atoms with Crippen LogP contribution in [0.5, 0.6) is 11.5 Å². The van der Waals surface area contributed by atoms with Gasteiger partial charge in [-0.15, -0.1) is 0 Å². The van der Waals surface area contributed by atoms with Crippen molar-refractivity contribution in [1.29, 1.82) is 0 Å². The Kier molecular flexibility index (Phi) is 5.91. The molecule has 5 heteroatoms. The fourth-order valence-electron chi connectivity index (χ4n) is 1.67. The number of hydrogen-bond acceptors (Lipinski definition) is 5. The molecule has 0 aliphatic carbocycles. The van der Waals surface area contributed by atoms with E-state index < -0.39 is 0 Å². The molecule has 0 aliphatic rings. The lowest BCUT2D eigenvalue weighted by Crippen LogP contribution is -2.36. The Morgan fingerprint density at radius 2 is 1.89 bits per heavy atom. The Morgan fingerprint density at radius 3 is 2.44 bits per heavy atom. The first-order valence-corrected chi connectivity index (χ1v) is 5.91. The first-order chi connectivity index (χ1) is 8.62. The van der Waals surface area contributed by atoms with Gasteiger partial charge in [0.15, 0.2) is 11.5 Å². The van der Waals surface area contributed by atoms with Gasteiger partial charge >= 0.3 is 0 Å². The van der Waals surface area contributed by atoms with Gasteiger partial charge in [-0.1, -0.05) is 0 Å². The summed E-state index contributed by atoms with van der Waals surface area (Å²) in [4.78, 5) is 0. The molecule has 0 heterocycles. The van der Waals surface area contributed by atoms with E-state index in [2.05, 4.69) is 5.32 Å². The van der Waals surface area contributed by atoms with Crippen molar-refractivity contribution in [3.05, 3.63) is 23.3 Å². The summed E-state index contributed by atoms with van der Waals surface area (Å²) < 4.78 is 10.5. The molecule has 0 fully saturated rings. The van der Waals surface area contributed by atoms with Crippen molar-refractivity contribution in [2.24, 2.45) is 5.73 Å².